The molecule has 0 fully saturated rings. The minimum atomic E-state index is -0.446. The van der Waals surface area contributed by atoms with E-state index in [1.54, 1.807) is 0 Å². The van der Waals surface area contributed by atoms with Crippen molar-refractivity contribution in [2.45, 2.75) is 0 Å². The first-order valence-electron chi connectivity index (χ1n) is 7.84. The molecule has 3 rings (SSSR count). The highest BCUT2D eigenvalue weighted by Gasteiger charge is 2.14. The lowest BCUT2D eigenvalue weighted by Crippen LogP contribution is -2.20. The van der Waals surface area contributed by atoms with Crippen molar-refractivity contribution >= 4 is 41.4 Å². The zero-order valence-electron chi connectivity index (χ0n) is 14.0. The number of carbonyl (C=O) groups is 1. The van der Waals surface area contributed by atoms with Gasteiger partial charge in [0.2, 0.25) is 0 Å². The van der Waals surface area contributed by atoms with E-state index in [4.69, 9.17) is 11.6 Å². The number of carbonyl (C=O) groups excluding carboxylic acids is 1. The van der Waals surface area contributed by atoms with Crippen LogP contribution in [0.15, 0.2) is 91.0 Å². The van der Waals surface area contributed by atoms with Crippen molar-refractivity contribution in [2.75, 3.05) is 13.0 Å². The van der Waals surface area contributed by atoms with Gasteiger partial charge in [0.05, 0.1) is 7.11 Å². The maximum absolute atomic E-state index is 9.83. The molecule has 0 aliphatic rings. The Balaban J connectivity index is 0.000000326. The zero-order valence-corrected chi connectivity index (χ0v) is 15.7. The Bertz CT molecular complexity index is 649. The Labute approximate surface area is 155 Å². The van der Waals surface area contributed by atoms with Crippen LogP contribution in [0.3, 0.4) is 0 Å². The van der Waals surface area contributed by atoms with Crippen molar-refractivity contribution in [1.29, 1.82) is 0 Å². The van der Waals surface area contributed by atoms with Gasteiger partial charge in [0.15, 0.2) is 0 Å². The van der Waals surface area contributed by atoms with E-state index in [9.17, 15) is 4.79 Å². The molecule has 0 saturated carbocycles. The van der Waals surface area contributed by atoms with E-state index in [0.717, 1.165) is 0 Å². The third-order valence-electron chi connectivity index (χ3n) is 3.38. The van der Waals surface area contributed by atoms with E-state index in [0.29, 0.717) is 0 Å². The summed E-state index contributed by atoms with van der Waals surface area (Å²) in [6.07, 6.45) is 0. The number of ether oxygens (including phenoxy) is 1. The molecule has 0 radical (unpaired) electrons. The first-order valence-corrected chi connectivity index (χ1v) is 9.72. The molecule has 3 aromatic rings. The van der Waals surface area contributed by atoms with Crippen LogP contribution in [0.2, 0.25) is 0 Å². The maximum Gasteiger partial charge on any atom is 0.320 e. The Morgan fingerprint density at radius 2 is 1.08 bits per heavy atom. The van der Waals surface area contributed by atoms with Crippen LogP contribution < -0.4 is 15.9 Å². The number of halogens is 1. The van der Waals surface area contributed by atoms with Crippen molar-refractivity contribution in [3.8, 4) is 0 Å². The van der Waals surface area contributed by atoms with Gasteiger partial charge in [-0.1, -0.05) is 91.0 Å². The first kappa shape index (κ1) is 19.2. The fourth-order valence-corrected chi connectivity index (χ4v) is 4.65. The van der Waals surface area contributed by atoms with Crippen LogP contribution in [0.1, 0.15) is 0 Å². The summed E-state index contributed by atoms with van der Waals surface area (Å²) in [4.78, 5) is 9.83. The highest BCUT2D eigenvalue weighted by Crippen LogP contribution is 2.32. The lowest BCUT2D eigenvalue weighted by atomic mass is 10.4. The number of esters is 1. The van der Waals surface area contributed by atoms with Crippen LogP contribution in [-0.4, -0.2) is 19.0 Å². The fourth-order valence-electron chi connectivity index (χ4n) is 2.23. The van der Waals surface area contributed by atoms with Gasteiger partial charge >= 0.3 is 5.97 Å². The van der Waals surface area contributed by atoms with Crippen molar-refractivity contribution in [3.63, 3.8) is 0 Å². The van der Waals surface area contributed by atoms with Gasteiger partial charge < -0.3 is 4.74 Å². The maximum atomic E-state index is 9.83. The van der Waals surface area contributed by atoms with E-state index in [1.165, 1.54) is 23.0 Å². The van der Waals surface area contributed by atoms with Crippen molar-refractivity contribution < 1.29 is 9.53 Å². The Kier molecular flexibility index (Phi) is 8.18. The number of hydrogen-bond acceptors (Lipinski definition) is 2. The van der Waals surface area contributed by atoms with Gasteiger partial charge in [0.1, 0.15) is 5.88 Å². The molecule has 0 bridgehead atoms. The van der Waals surface area contributed by atoms with Crippen molar-refractivity contribution in [2.24, 2.45) is 0 Å². The second-order valence-electron chi connectivity index (χ2n) is 5.05. The second-order valence-corrected chi connectivity index (χ2v) is 7.54. The van der Waals surface area contributed by atoms with E-state index in [2.05, 4.69) is 95.7 Å². The first-order chi connectivity index (χ1) is 12.3. The predicted octanol–water partition coefficient (Wildman–Crippen LogP) is 3.84. The summed E-state index contributed by atoms with van der Waals surface area (Å²) in [6.45, 7) is 0. The highest BCUT2D eigenvalue weighted by atomic mass is 35.5. The smallest absolute Gasteiger partial charge is 0.320 e. The Morgan fingerprint density at radius 3 is 1.28 bits per heavy atom. The predicted molar refractivity (Wildman–Crippen MR) is 108 cm³/mol. The lowest BCUT2D eigenvalue weighted by Gasteiger charge is -2.18. The molecule has 0 unspecified atom stereocenters. The summed E-state index contributed by atoms with van der Waals surface area (Å²) in [5.41, 5.74) is 0. The van der Waals surface area contributed by atoms with Crippen molar-refractivity contribution in [3.05, 3.63) is 91.0 Å². The van der Waals surface area contributed by atoms with E-state index in [1.807, 2.05) is 0 Å². The molecule has 0 spiro atoms. The summed E-state index contributed by atoms with van der Waals surface area (Å²) in [5, 5.41) is 4.19. The van der Waals surface area contributed by atoms with Crippen LogP contribution in [0.5, 0.6) is 0 Å². The molecule has 0 atom stereocenters. The molecule has 3 aromatic carbocycles. The highest BCUT2D eigenvalue weighted by molar-refractivity contribution is 7.79. The van der Waals surface area contributed by atoms with Gasteiger partial charge in [-0.3, -0.25) is 4.79 Å². The summed E-state index contributed by atoms with van der Waals surface area (Å²) in [5.74, 6) is -0.451. The third kappa shape index (κ3) is 6.01. The molecule has 4 heteroatoms. The molecular formula is C21H20ClO2P. The molecule has 0 amide bonds. The molecule has 0 heterocycles. The molecular weight excluding hydrogens is 351 g/mol. The summed E-state index contributed by atoms with van der Waals surface area (Å²) < 4.78 is 4.13. The van der Waals surface area contributed by atoms with Gasteiger partial charge in [0.25, 0.3) is 0 Å². The minimum Gasteiger partial charge on any atom is -0.468 e. The molecule has 0 aromatic heterocycles. The number of methoxy groups -OCH3 is 1. The van der Waals surface area contributed by atoms with Gasteiger partial charge in [-0.25, -0.2) is 0 Å². The molecule has 0 saturated heterocycles. The Hall–Kier alpha value is -2.15. The van der Waals surface area contributed by atoms with Crippen LogP contribution in [0, 0.1) is 0 Å². The number of rotatable bonds is 4. The monoisotopic (exact) mass is 370 g/mol. The molecule has 25 heavy (non-hydrogen) atoms. The zero-order chi connectivity index (χ0) is 17.9. The largest absolute Gasteiger partial charge is 0.468 e. The van der Waals surface area contributed by atoms with Crippen LogP contribution in [0.4, 0.5) is 0 Å². The fraction of sp³-hybridized carbons (Fsp3) is 0.0952. The molecule has 0 aliphatic heterocycles. The van der Waals surface area contributed by atoms with Crippen LogP contribution in [-0.2, 0) is 9.53 Å². The summed E-state index contributed by atoms with van der Waals surface area (Å²) in [6, 6.07) is 32.3. The molecule has 0 N–H and O–H groups in total. The third-order valence-corrected chi connectivity index (χ3v) is 6.04. The number of benzene rings is 3. The second kappa shape index (κ2) is 10.7. The summed E-state index contributed by atoms with van der Waals surface area (Å²) >= 11 is 4.98. The molecule has 0 aliphatic carbocycles. The standard InChI is InChI=1S/C18H15P.C3H5ClO2/c1-4-10-16(11-5-1)19(17-12-6-2-7-13-17)18-14-8-3-9-15-18;1-6-3(5)2-4/h1-15H;2H2,1H3. The van der Waals surface area contributed by atoms with Gasteiger partial charge in [0, 0.05) is 0 Å². The average Bonchev–Trinajstić information content (AvgIpc) is 2.70. The topological polar surface area (TPSA) is 26.3 Å². The van der Waals surface area contributed by atoms with Gasteiger partial charge in [-0.15, -0.1) is 11.6 Å². The van der Waals surface area contributed by atoms with Crippen LogP contribution in [0.25, 0.3) is 0 Å². The van der Waals surface area contributed by atoms with E-state index < -0.39 is 13.9 Å². The summed E-state index contributed by atoms with van der Waals surface area (Å²) in [7, 11) is 0.850. The van der Waals surface area contributed by atoms with Crippen LogP contribution >= 0.6 is 19.5 Å². The minimum absolute atomic E-state index is 0.0590. The average molecular weight is 371 g/mol. The molecule has 128 valence electrons. The van der Waals surface area contributed by atoms with E-state index in [-0.39, 0.29) is 5.88 Å². The van der Waals surface area contributed by atoms with E-state index >= 15 is 0 Å². The van der Waals surface area contributed by atoms with Gasteiger partial charge in [-0.2, -0.15) is 0 Å². The SMILES string of the molecule is COC(=O)CCl.c1ccc(P(c2ccccc2)c2ccccc2)cc1. The lowest BCUT2D eigenvalue weighted by molar-refractivity contribution is -0.137. The Morgan fingerprint density at radius 1 is 0.760 bits per heavy atom. The molecule has 2 nitrogen and oxygen atoms in total. The van der Waals surface area contributed by atoms with Crippen molar-refractivity contribution in [1.82, 2.24) is 0 Å². The number of hydrogen-bond donors (Lipinski definition) is 0. The quantitative estimate of drug-likeness (QED) is 0.396. The number of alkyl halides is 1. The normalized spacial score (nSPS) is 9.88. The van der Waals surface area contributed by atoms with Gasteiger partial charge in [-0.05, 0) is 23.8 Å².